The Morgan fingerprint density at radius 2 is 2.10 bits per heavy atom. The van der Waals surface area contributed by atoms with Crippen molar-refractivity contribution < 1.29 is 23.5 Å². The summed E-state index contributed by atoms with van der Waals surface area (Å²) in [6, 6.07) is 0. The van der Waals surface area contributed by atoms with E-state index < -0.39 is 5.97 Å². The quantitative estimate of drug-likeness (QED) is 0.699. The topological polar surface area (TPSA) is 108 Å². The van der Waals surface area contributed by atoms with Crippen molar-refractivity contribution in [1.82, 2.24) is 20.1 Å². The summed E-state index contributed by atoms with van der Waals surface area (Å²) in [5.41, 5.74) is 2.23. The molecule has 1 aliphatic rings. The van der Waals surface area contributed by atoms with E-state index in [0.717, 1.165) is 24.1 Å². The van der Waals surface area contributed by atoms with E-state index in [9.17, 15) is 9.59 Å². The van der Waals surface area contributed by atoms with E-state index in [2.05, 4.69) is 10.3 Å². The number of fused-ring (bicyclic) bond motifs is 1. The van der Waals surface area contributed by atoms with E-state index >= 15 is 0 Å². The third-order valence-electron chi connectivity index (χ3n) is 5.18. The van der Waals surface area contributed by atoms with Gasteiger partial charge in [0, 0.05) is 50.6 Å². The molecular weight excluding hydrogens is 400 g/mol. The first-order valence-corrected chi connectivity index (χ1v) is 10.8. The summed E-state index contributed by atoms with van der Waals surface area (Å²) in [5, 5.41) is 7.73. The van der Waals surface area contributed by atoms with E-state index in [1.54, 1.807) is 11.6 Å². The number of carbonyl (C=O) groups excluding carboxylic acids is 2. The monoisotopic (exact) mass is 432 g/mol. The Morgan fingerprint density at radius 3 is 2.81 bits per heavy atom. The Hall–Kier alpha value is -2.68. The van der Waals surface area contributed by atoms with Crippen LogP contribution in [-0.4, -0.2) is 53.0 Å². The second-order valence-corrected chi connectivity index (χ2v) is 8.58. The van der Waals surface area contributed by atoms with Crippen LogP contribution in [-0.2, 0) is 28.9 Å². The van der Waals surface area contributed by atoms with E-state index in [0.29, 0.717) is 50.7 Å². The van der Waals surface area contributed by atoms with Gasteiger partial charge in [-0.25, -0.2) is 9.78 Å². The van der Waals surface area contributed by atoms with Gasteiger partial charge in [0.05, 0.1) is 12.3 Å². The summed E-state index contributed by atoms with van der Waals surface area (Å²) >= 11 is 0. The summed E-state index contributed by atoms with van der Waals surface area (Å²) in [6.45, 7) is 10.4. The smallest absolute Gasteiger partial charge is 0.360 e. The zero-order valence-electron chi connectivity index (χ0n) is 18.8. The summed E-state index contributed by atoms with van der Waals surface area (Å²) in [5.74, 6) is -0.192. The lowest BCUT2D eigenvalue weighted by Gasteiger charge is -2.23. The van der Waals surface area contributed by atoms with Gasteiger partial charge < -0.3 is 19.2 Å². The Bertz CT molecular complexity index is 915. The molecule has 3 rings (SSSR count). The normalized spacial score (nSPS) is 15.7. The molecule has 170 valence electrons. The molecule has 0 bridgehead atoms. The molecule has 0 aliphatic carbocycles. The number of nitrogens with one attached hydrogen (secondary N) is 1. The van der Waals surface area contributed by atoms with Gasteiger partial charge in [0.15, 0.2) is 11.6 Å². The van der Waals surface area contributed by atoms with Gasteiger partial charge in [0.1, 0.15) is 12.0 Å². The molecule has 0 aromatic carbocycles. The number of nitrogens with zero attached hydrogens (tertiary/aromatic N) is 3. The third kappa shape index (κ3) is 5.94. The Kier molecular flexibility index (Phi) is 7.48. The van der Waals surface area contributed by atoms with Gasteiger partial charge in [-0.05, 0) is 26.2 Å². The van der Waals surface area contributed by atoms with Crippen LogP contribution in [0.1, 0.15) is 71.7 Å². The van der Waals surface area contributed by atoms with Crippen LogP contribution in [0.2, 0.25) is 0 Å². The average Bonchev–Trinajstić information content (AvgIpc) is 3.30. The molecule has 9 heteroatoms. The van der Waals surface area contributed by atoms with Crippen molar-refractivity contribution in [3.05, 3.63) is 34.8 Å². The van der Waals surface area contributed by atoms with E-state index in [1.807, 2.05) is 20.8 Å². The number of rotatable bonds is 6. The van der Waals surface area contributed by atoms with Crippen LogP contribution in [0.4, 0.5) is 0 Å². The van der Waals surface area contributed by atoms with Crippen molar-refractivity contribution in [3.63, 3.8) is 0 Å². The number of hydrogen-bond donors (Lipinski definition) is 1. The van der Waals surface area contributed by atoms with Gasteiger partial charge in [0.2, 0.25) is 0 Å². The first-order chi connectivity index (χ1) is 14.8. The number of carbonyl (C=O) groups is 2. The minimum atomic E-state index is -0.514. The molecule has 1 N–H and O–H groups in total. The lowest BCUT2D eigenvalue weighted by molar-refractivity contribution is 0.0332. The van der Waals surface area contributed by atoms with Gasteiger partial charge in [-0.15, -0.1) is 0 Å². The molecule has 0 atom stereocenters. The van der Waals surface area contributed by atoms with Crippen molar-refractivity contribution >= 4 is 11.9 Å². The molecule has 0 spiro atoms. The lowest BCUT2D eigenvalue weighted by Crippen LogP contribution is -2.28. The van der Waals surface area contributed by atoms with Gasteiger partial charge in [-0.1, -0.05) is 13.8 Å². The highest BCUT2D eigenvalue weighted by atomic mass is 16.5. The Balaban J connectivity index is 1.77. The van der Waals surface area contributed by atoms with E-state index in [4.69, 9.17) is 19.0 Å². The predicted octanol–water partition coefficient (Wildman–Crippen LogP) is 2.71. The van der Waals surface area contributed by atoms with Gasteiger partial charge in [-0.3, -0.25) is 9.48 Å². The molecular formula is C22H32N4O5. The molecule has 2 aromatic rings. The van der Waals surface area contributed by atoms with Crippen molar-refractivity contribution in [2.75, 3.05) is 26.4 Å². The van der Waals surface area contributed by atoms with Gasteiger partial charge in [0.25, 0.3) is 5.91 Å². The van der Waals surface area contributed by atoms with Crippen molar-refractivity contribution in [3.8, 4) is 0 Å². The van der Waals surface area contributed by atoms with Crippen LogP contribution in [0.25, 0.3) is 0 Å². The SMILES string of the molecule is CCn1nc(CC(C)(C)COC(=O)c2coc(C)n2)c2c1C(=O)NCCCOCCC2. The summed E-state index contributed by atoms with van der Waals surface area (Å²) in [6.07, 6.45) is 4.19. The predicted molar refractivity (Wildman–Crippen MR) is 113 cm³/mol. The van der Waals surface area contributed by atoms with Crippen LogP contribution >= 0.6 is 0 Å². The zero-order chi connectivity index (χ0) is 22.4. The molecule has 9 nitrogen and oxygen atoms in total. The molecule has 2 aromatic heterocycles. The Labute approximate surface area is 182 Å². The molecule has 31 heavy (non-hydrogen) atoms. The standard InChI is InChI=1S/C22H32N4O5/c1-5-26-19-16(8-6-10-29-11-7-9-23-20(19)27)17(25-26)12-22(3,4)14-31-21(28)18-13-30-15(2)24-18/h13H,5-12,14H2,1-4H3,(H,23,27). The molecule has 0 fully saturated rings. The first kappa shape index (κ1) is 23.0. The van der Waals surface area contributed by atoms with Crippen molar-refractivity contribution in [2.24, 2.45) is 5.41 Å². The van der Waals surface area contributed by atoms with Crippen LogP contribution in [0.15, 0.2) is 10.7 Å². The number of oxazole rings is 1. The summed E-state index contributed by atoms with van der Waals surface area (Å²) in [7, 11) is 0. The largest absolute Gasteiger partial charge is 0.460 e. The maximum atomic E-state index is 12.9. The molecule has 1 amide bonds. The molecule has 3 heterocycles. The third-order valence-corrected chi connectivity index (χ3v) is 5.18. The minimum absolute atomic E-state index is 0.0943. The Morgan fingerprint density at radius 1 is 1.32 bits per heavy atom. The average molecular weight is 433 g/mol. The fourth-order valence-corrected chi connectivity index (χ4v) is 3.65. The molecule has 0 unspecified atom stereocenters. The number of aromatic nitrogens is 3. The van der Waals surface area contributed by atoms with E-state index in [1.165, 1.54) is 6.26 Å². The maximum absolute atomic E-state index is 12.9. The minimum Gasteiger partial charge on any atom is -0.460 e. The number of hydrogen-bond acceptors (Lipinski definition) is 7. The van der Waals surface area contributed by atoms with Crippen molar-refractivity contribution in [2.45, 2.75) is 59.9 Å². The second-order valence-electron chi connectivity index (χ2n) is 8.58. The number of ether oxygens (including phenoxy) is 2. The number of amides is 1. The highest BCUT2D eigenvalue weighted by Crippen LogP contribution is 2.27. The van der Waals surface area contributed by atoms with Crippen LogP contribution in [0.5, 0.6) is 0 Å². The van der Waals surface area contributed by atoms with Gasteiger partial charge >= 0.3 is 5.97 Å². The summed E-state index contributed by atoms with van der Waals surface area (Å²) in [4.78, 5) is 29.1. The lowest BCUT2D eigenvalue weighted by atomic mass is 9.86. The van der Waals surface area contributed by atoms with Crippen LogP contribution < -0.4 is 5.32 Å². The fourth-order valence-electron chi connectivity index (χ4n) is 3.65. The number of aryl methyl sites for hydroxylation is 2. The van der Waals surface area contributed by atoms with Crippen LogP contribution in [0, 0.1) is 12.3 Å². The first-order valence-electron chi connectivity index (χ1n) is 10.8. The molecule has 0 saturated carbocycles. The maximum Gasteiger partial charge on any atom is 0.360 e. The van der Waals surface area contributed by atoms with Crippen LogP contribution in [0.3, 0.4) is 0 Å². The van der Waals surface area contributed by atoms with Gasteiger partial charge in [-0.2, -0.15) is 5.10 Å². The highest BCUT2D eigenvalue weighted by Gasteiger charge is 2.29. The molecule has 0 radical (unpaired) electrons. The van der Waals surface area contributed by atoms with Crippen molar-refractivity contribution in [1.29, 1.82) is 0 Å². The molecule has 1 aliphatic heterocycles. The zero-order valence-corrected chi connectivity index (χ0v) is 18.8. The van der Waals surface area contributed by atoms with E-state index in [-0.39, 0.29) is 23.6 Å². The fraction of sp³-hybridized carbons (Fsp3) is 0.636. The molecule has 0 saturated heterocycles. The second kappa shape index (κ2) is 10.1. The highest BCUT2D eigenvalue weighted by molar-refractivity contribution is 5.94. The summed E-state index contributed by atoms with van der Waals surface area (Å²) < 4.78 is 18.0. The number of esters is 1.